The lowest BCUT2D eigenvalue weighted by atomic mass is 10.1. The van der Waals surface area contributed by atoms with Crippen LogP contribution in [0.4, 0.5) is 0 Å². The molecule has 94 valence electrons. The molecule has 6 nitrogen and oxygen atoms in total. The van der Waals surface area contributed by atoms with Crippen molar-refractivity contribution in [2.75, 3.05) is 19.7 Å². The molecule has 0 bridgehead atoms. The molecule has 2 heterocycles. The summed E-state index contributed by atoms with van der Waals surface area (Å²) in [6.07, 6.45) is 2.89. The largest absolute Gasteiger partial charge is 0.471 e. The van der Waals surface area contributed by atoms with Gasteiger partial charge in [-0.15, -0.1) is 0 Å². The van der Waals surface area contributed by atoms with Gasteiger partial charge in [-0.25, -0.2) is 4.98 Å². The van der Waals surface area contributed by atoms with Gasteiger partial charge in [-0.2, -0.15) is 0 Å². The minimum absolute atomic E-state index is 0.0693. The summed E-state index contributed by atoms with van der Waals surface area (Å²) >= 11 is 0. The number of rotatable bonds is 3. The summed E-state index contributed by atoms with van der Waals surface area (Å²) in [7, 11) is 0. The number of H-pyrrole nitrogens is 1. The molecule has 1 unspecified atom stereocenters. The summed E-state index contributed by atoms with van der Waals surface area (Å²) in [6.45, 7) is 5.87. The normalized spacial score (nSPS) is 23.3. The van der Waals surface area contributed by atoms with Gasteiger partial charge in [0.05, 0.1) is 5.60 Å². The lowest BCUT2D eigenvalue weighted by Gasteiger charge is -2.36. The molecule has 6 heteroatoms. The fraction of sp³-hybridized carbons (Fsp3) is 0.636. The second kappa shape index (κ2) is 4.85. The first-order valence-electron chi connectivity index (χ1n) is 5.62. The van der Waals surface area contributed by atoms with Crippen LogP contribution in [0.5, 0.6) is 5.88 Å². The van der Waals surface area contributed by atoms with Crippen molar-refractivity contribution in [3.05, 3.63) is 22.7 Å². The number of hydrogen-bond acceptors (Lipinski definition) is 5. The first-order valence-corrected chi connectivity index (χ1v) is 5.62. The summed E-state index contributed by atoms with van der Waals surface area (Å²) in [5, 5.41) is 3.26. The Labute approximate surface area is 99.4 Å². The van der Waals surface area contributed by atoms with Crippen LogP contribution in [0.2, 0.25) is 0 Å². The molecule has 2 N–H and O–H groups in total. The van der Waals surface area contributed by atoms with Crippen molar-refractivity contribution >= 4 is 0 Å². The van der Waals surface area contributed by atoms with Crippen LogP contribution in [0.15, 0.2) is 17.2 Å². The van der Waals surface area contributed by atoms with Gasteiger partial charge in [0, 0.05) is 25.5 Å². The molecular weight excluding hydrogens is 222 g/mol. The lowest BCUT2D eigenvalue weighted by Crippen LogP contribution is -2.52. The summed E-state index contributed by atoms with van der Waals surface area (Å²) in [4.78, 5) is 17.7. The monoisotopic (exact) mass is 239 g/mol. The minimum Gasteiger partial charge on any atom is -0.471 e. The number of morpholine rings is 1. The standard InChI is InChI=1S/C11H17N3O3/c1-11(2)7-12-5-8(17-11)6-16-10-9(15)13-3-4-14-10/h3-4,8,12H,5-7H2,1-2H3,(H,13,15). The van der Waals surface area contributed by atoms with Crippen LogP contribution in [-0.4, -0.2) is 41.4 Å². The second-order valence-electron chi connectivity index (χ2n) is 4.66. The van der Waals surface area contributed by atoms with Crippen molar-refractivity contribution in [1.82, 2.24) is 15.3 Å². The van der Waals surface area contributed by atoms with E-state index in [9.17, 15) is 4.79 Å². The van der Waals surface area contributed by atoms with Gasteiger partial charge in [0.25, 0.3) is 5.88 Å². The van der Waals surface area contributed by atoms with Crippen molar-refractivity contribution in [3.63, 3.8) is 0 Å². The molecule has 1 atom stereocenters. The predicted octanol–water partition coefficient (Wildman–Crippen LogP) is -0.0843. The van der Waals surface area contributed by atoms with Crippen molar-refractivity contribution < 1.29 is 9.47 Å². The molecule has 17 heavy (non-hydrogen) atoms. The summed E-state index contributed by atoms with van der Waals surface area (Å²) in [5.41, 5.74) is -0.529. The molecular formula is C11H17N3O3. The van der Waals surface area contributed by atoms with E-state index in [0.717, 1.165) is 6.54 Å². The maximum atomic E-state index is 11.3. The molecule has 0 amide bonds. The molecule has 0 aliphatic carbocycles. The van der Waals surface area contributed by atoms with Crippen LogP contribution in [0.1, 0.15) is 13.8 Å². The number of nitrogens with zero attached hydrogens (tertiary/aromatic N) is 1. The summed E-state index contributed by atoms with van der Waals surface area (Å²) < 4.78 is 11.2. The average molecular weight is 239 g/mol. The highest BCUT2D eigenvalue weighted by Crippen LogP contribution is 2.15. The zero-order valence-corrected chi connectivity index (χ0v) is 10.0. The Kier molecular flexibility index (Phi) is 3.44. The van der Waals surface area contributed by atoms with Gasteiger partial charge in [0.1, 0.15) is 12.7 Å². The van der Waals surface area contributed by atoms with E-state index < -0.39 is 0 Å². The Morgan fingerprint density at radius 2 is 2.47 bits per heavy atom. The number of aromatic amines is 1. The third-order valence-corrected chi connectivity index (χ3v) is 2.49. The van der Waals surface area contributed by atoms with Gasteiger partial charge in [0.15, 0.2) is 0 Å². The maximum absolute atomic E-state index is 11.3. The Morgan fingerprint density at radius 3 is 3.18 bits per heavy atom. The molecule has 1 aliphatic heterocycles. The van der Waals surface area contributed by atoms with Crippen molar-refractivity contribution in [1.29, 1.82) is 0 Å². The molecule has 0 saturated carbocycles. The zero-order chi connectivity index (χ0) is 12.3. The topological polar surface area (TPSA) is 76.2 Å². The average Bonchev–Trinajstić information content (AvgIpc) is 2.27. The highest BCUT2D eigenvalue weighted by atomic mass is 16.6. The molecule has 1 saturated heterocycles. The fourth-order valence-corrected chi connectivity index (χ4v) is 1.77. The van der Waals surface area contributed by atoms with E-state index in [1.54, 1.807) is 0 Å². The predicted molar refractivity (Wildman–Crippen MR) is 62.2 cm³/mol. The van der Waals surface area contributed by atoms with Crippen LogP contribution >= 0.6 is 0 Å². The molecule has 0 radical (unpaired) electrons. The van der Waals surface area contributed by atoms with E-state index in [2.05, 4.69) is 15.3 Å². The molecule has 0 aromatic carbocycles. The van der Waals surface area contributed by atoms with E-state index in [1.165, 1.54) is 12.4 Å². The van der Waals surface area contributed by atoms with Crippen molar-refractivity contribution in [3.8, 4) is 5.88 Å². The van der Waals surface area contributed by atoms with Crippen LogP contribution < -0.4 is 15.6 Å². The third kappa shape index (κ3) is 3.28. The molecule has 2 rings (SSSR count). The fourth-order valence-electron chi connectivity index (χ4n) is 1.77. The quantitative estimate of drug-likeness (QED) is 0.771. The molecule has 1 fully saturated rings. The number of ether oxygens (including phenoxy) is 2. The third-order valence-electron chi connectivity index (χ3n) is 2.49. The van der Waals surface area contributed by atoms with Gasteiger partial charge < -0.3 is 19.8 Å². The van der Waals surface area contributed by atoms with Gasteiger partial charge in [-0.3, -0.25) is 4.79 Å². The van der Waals surface area contributed by atoms with Crippen LogP contribution in [0, 0.1) is 0 Å². The highest BCUT2D eigenvalue weighted by Gasteiger charge is 2.28. The number of nitrogens with one attached hydrogen (secondary N) is 2. The van der Waals surface area contributed by atoms with Crippen LogP contribution in [-0.2, 0) is 4.74 Å². The first kappa shape index (κ1) is 12.1. The molecule has 1 aromatic rings. The first-order chi connectivity index (χ1) is 8.07. The zero-order valence-electron chi connectivity index (χ0n) is 10.0. The second-order valence-corrected chi connectivity index (χ2v) is 4.66. The molecule has 1 aliphatic rings. The van der Waals surface area contributed by atoms with Crippen LogP contribution in [0.3, 0.4) is 0 Å². The molecule has 0 spiro atoms. The van der Waals surface area contributed by atoms with Gasteiger partial charge >= 0.3 is 5.56 Å². The number of aromatic nitrogens is 2. The Balaban J connectivity index is 1.90. The van der Waals surface area contributed by atoms with E-state index >= 15 is 0 Å². The molecule has 1 aromatic heterocycles. The Hall–Kier alpha value is -1.40. The smallest absolute Gasteiger partial charge is 0.310 e. The summed E-state index contributed by atoms with van der Waals surface area (Å²) in [6, 6.07) is 0. The Bertz CT molecular complexity index is 430. The van der Waals surface area contributed by atoms with E-state index in [0.29, 0.717) is 13.2 Å². The van der Waals surface area contributed by atoms with Gasteiger partial charge in [-0.1, -0.05) is 0 Å². The van der Waals surface area contributed by atoms with E-state index in [-0.39, 0.29) is 23.1 Å². The number of hydrogen-bond donors (Lipinski definition) is 2. The van der Waals surface area contributed by atoms with Crippen LogP contribution in [0.25, 0.3) is 0 Å². The minimum atomic E-state index is -0.324. The van der Waals surface area contributed by atoms with Gasteiger partial charge in [0.2, 0.25) is 0 Å². The van der Waals surface area contributed by atoms with Gasteiger partial charge in [-0.05, 0) is 13.8 Å². The van der Waals surface area contributed by atoms with Crippen molar-refractivity contribution in [2.24, 2.45) is 0 Å². The lowest BCUT2D eigenvalue weighted by molar-refractivity contribution is -0.107. The highest BCUT2D eigenvalue weighted by molar-refractivity contribution is 5.02. The van der Waals surface area contributed by atoms with E-state index in [4.69, 9.17) is 9.47 Å². The SMILES string of the molecule is CC1(C)CNCC(COc2ncc[nH]c2=O)O1. The summed E-state index contributed by atoms with van der Waals surface area (Å²) in [5.74, 6) is 0.0829. The maximum Gasteiger partial charge on any atom is 0.310 e. The van der Waals surface area contributed by atoms with Crippen molar-refractivity contribution in [2.45, 2.75) is 25.6 Å². The Morgan fingerprint density at radius 1 is 1.65 bits per heavy atom. The van der Waals surface area contributed by atoms with E-state index in [1.807, 2.05) is 13.8 Å².